The van der Waals surface area contributed by atoms with Gasteiger partial charge in [0.1, 0.15) is 5.75 Å². The van der Waals surface area contributed by atoms with Crippen molar-refractivity contribution in [3.05, 3.63) is 77.1 Å². The number of aromatic nitrogens is 4. The first kappa shape index (κ1) is 27.1. The van der Waals surface area contributed by atoms with Crippen LogP contribution < -0.4 is 15.9 Å². The molecule has 0 bridgehead atoms. The van der Waals surface area contributed by atoms with Crippen LogP contribution in [0, 0.1) is 22.1 Å². The predicted octanol–water partition coefficient (Wildman–Crippen LogP) is 4.54. The summed E-state index contributed by atoms with van der Waals surface area (Å²) < 4.78 is 100. The molecule has 16 heteroatoms. The van der Waals surface area contributed by atoms with E-state index < -0.39 is 64.5 Å². The van der Waals surface area contributed by atoms with Crippen LogP contribution in [0.3, 0.4) is 0 Å². The molecule has 2 aromatic heterocycles. The van der Waals surface area contributed by atoms with E-state index in [1.165, 1.54) is 0 Å². The van der Waals surface area contributed by atoms with Crippen LogP contribution in [0.4, 0.5) is 30.7 Å². The lowest BCUT2D eigenvalue weighted by Gasteiger charge is -2.22. The summed E-state index contributed by atoms with van der Waals surface area (Å²) in [6.07, 6.45) is -7.97. The van der Waals surface area contributed by atoms with E-state index in [9.17, 15) is 45.6 Å². The van der Waals surface area contributed by atoms with E-state index >= 15 is 0 Å². The Labute approximate surface area is 209 Å². The van der Waals surface area contributed by atoms with Crippen LogP contribution in [0.15, 0.2) is 34.2 Å². The van der Waals surface area contributed by atoms with Crippen molar-refractivity contribution in [1.82, 2.24) is 19.5 Å². The van der Waals surface area contributed by atoms with E-state index in [4.69, 9.17) is 4.74 Å². The molecule has 0 amide bonds. The van der Waals surface area contributed by atoms with Gasteiger partial charge in [-0.1, -0.05) is 0 Å². The Morgan fingerprint density at radius 3 is 2.42 bits per heavy atom. The van der Waals surface area contributed by atoms with Gasteiger partial charge in [-0.15, -0.1) is 0 Å². The van der Waals surface area contributed by atoms with Crippen LogP contribution in [-0.4, -0.2) is 25.7 Å². The Morgan fingerprint density at radius 2 is 1.86 bits per heavy atom. The highest BCUT2D eigenvalue weighted by molar-refractivity contribution is 14.1. The van der Waals surface area contributed by atoms with Gasteiger partial charge < -0.3 is 9.72 Å². The summed E-state index contributed by atoms with van der Waals surface area (Å²) >= 11 is 1.68. The van der Waals surface area contributed by atoms with E-state index in [2.05, 4.69) is 15.0 Å². The Bertz CT molecular complexity index is 1480. The monoisotopic (exact) mass is 629 g/mol. The minimum absolute atomic E-state index is 0.178. The molecule has 3 aromatic rings. The smallest absolute Gasteiger partial charge is 0.449 e. The van der Waals surface area contributed by atoms with E-state index in [1.807, 2.05) is 0 Å². The molecule has 0 unspecified atom stereocenters. The maximum absolute atomic E-state index is 14.3. The molecular weight excluding hydrogens is 618 g/mol. The number of hydrogen-bond donors (Lipinski definition) is 1. The SMILES string of the molecule is Cc1c(C#N)cc(C(F)F)cc1Oc1c(C(F)(F)C(F)(F)F)ncn(Cc2cnc(I)[nH]c2=O)c1=O. The minimum Gasteiger partial charge on any atom is -0.449 e. The molecule has 3 rings (SSSR count). The number of hydrogen-bond acceptors (Lipinski definition) is 6. The summed E-state index contributed by atoms with van der Waals surface area (Å²) in [5, 5.41) is 9.18. The second kappa shape index (κ2) is 9.87. The van der Waals surface area contributed by atoms with Crippen LogP contribution in [0.2, 0.25) is 0 Å². The van der Waals surface area contributed by atoms with Crippen molar-refractivity contribution in [2.45, 2.75) is 32.0 Å². The van der Waals surface area contributed by atoms with Gasteiger partial charge in [0.15, 0.2) is 9.53 Å². The average molecular weight is 629 g/mol. The fraction of sp³-hybridized carbons (Fsp3) is 0.250. The Hall–Kier alpha value is -3.49. The fourth-order valence-corrected chi connectivity index (χ4v) is 3.28. The van der Waals surface area contributed by atoms with E-state index in [0.717, 1.165) is 19.2 Å². The molecule has 0 saturated carbocycles. The van der Waals surface area contributed by atoms with Gasteiger partial charge in [-0.25, -0.2) is 18.7 Å². The number of H-pyrrole nitrogens is 1. The largest absolute Gasteiger partial charge is 0.459 e. The third kappa shape index (κ3) is 5.20. The summed E-state index contributed by atoms with van der Waals surface area (Å²) in [6.45, 7) is 0.495. The molecule has 0 radical (unpaired) electrons. The topological polar surface area (TPSA) is 114 Å². The highest BCUT2D eigenvalue weighted by Gasteiger charge is 2.62. The molecule has 1 N–H and O–H groups in total. The van der Waals surface area contributed by atoms with E-state index in [-0.39, 0.29) is 15.0 Å². The number of benzene rings is 1. The van der Waals surface area contributed by atoms with Crippen LogP contribution in [0.25, 0.3) is 0 Å². The van der Waals surface area contributed by atoms with Gasteiger partial charge >= 0.3 is 12.1 Å². The van der Waals surface area contributed by atoms with Crippen molar-refractivity contribution in [3.63, 3.8) is 0 Å². The highest BCUT2D eigenvalue weighted by atomic mass is 127. The van der Waals surface area contributed by atoms with Crippen LogP contribution in [0.1, 0.15) is 34.4 Å². The molecule has 0 aliphatic carbocycles. The van der Waals surface area contributed by atoms with Crippen LogP contribution >= 0.6 is 22.6 Å². The van der Waals surface area contributed by atoms with Gasteiger partial charge in [0, 0.05) is 17.3 Å². The summed E-state index contributed by atoms with van der Waals surface area (Å²) in [6, 6.07) is 2.94. The lowest BCUT2D eigenvalue weighted by molar-refractivity contribution is -0.291. The molecule has 8 nitrogen and oxygen atoms in total. The second-order valence-electron chi connectivity index (χ2n) is 7.16. The van der Waals surface area contributed by atoms with Crippen LogP contribution in [0.5, 0.6) is 11.5 Å². The fourth-order valence-electron chi connectivity index (χ4n) is 2.90. The molecule has 190 valence electrons. The zero-order valence-corrected chi connectivity index (χ0v) is 19.8. The van der Waals surface area contributed by atoms with Crippen molar-refractivity contribution >= 4 is 22.6 Å². The summed E-state index contributed by atoms with van der Waals surface area (Å²) in [5.41, 5.74) is -6.04. The molecule has 0 spiro atoms. The van der Waals surface area contributed by atoms with Crippen LogP contribution in [-0.2, 0) is 12.5 Å². The highest BCUT2D eigenvalue weighted by Crippen LogP contribution is 2.46. The molecule has 36 heavy (non-hydrogen) atoms. The first-order valence-electron chi connectivity index (χ1n) is 9.46. The molecule has 2 heterocycles. The Morgan fingerprint density at radius 1 is 1.19 bits per heavy atom. The Kier molecular flexibility index (Phi) is 7.43. The lowest BCUT2D eigenvalue weighted by Crippen LogP contribution is -2.37. The average Bonchev–Trinajstić information content (AvgIpc) is 2.78. The van der Waals surface area contributed by atoms with Crippen molar-refractivity contribution in [1.29, 1.82) is 5.26 Å². The molecule has 1 aromatic carbocycles. The van der Waals surface area contributed by atoms with Gasteiger partial charge in [0.05, 0.1) is 30.1 Å². The van der Waals surface area contributed by atoms with Gasteiger partial charge in [0.25, 0.3) is 17.5 Å². The summed E-state index contributed by atoms with van der Waals surface area (Å²) in [5.74, 6) is -8.06. The molecule has 0 saturated heterocycles. The number of halogens is 8. The van der Waals surface area contributed by atoms with Gasteiger partial charge in [-0.05, 0) is 41.6 Å². The van der Waals surface area contributed by atoms with Gasteiger partial charge in [-0.3, -0.25) is 14.2 Å². The maximum atomic E-state index is 14.3. The van der Waals surface area contributed by atoms with Crippen molar-refractivity contribution in [2.24, 2.45) is 0 Å². The lowest BCUT2D eigenvalue weighted by atomic mass is 10.0. The number of nitrogens with one attached hydrogen (secondary N) is 1. The maximum Gasteiger partial charge on any atom is 0.459 e. The van der Waals surface area contributed by atoms with Crippen molar-refractivity contribution in [3.8, 4) is 17.6 Å². The number of nitrogens with zero attached hydrogens (tertiary/aromatic N) is 4. The molecule has 0 atom stereocenters. The number of aromatic amines is 1. The predicted molar refractivity (Wildman–Crippen MR) is 116 cm³/mol. The quantitative estimate of drug-likeness (QED) is 0.244. The normalized spacial score (nSPS) is 12.0. The minimum atomic E-state index is -6.20. The van der Waals surface area contributed by atoms with Gasteiger partial charge in [-0.2, -0.15) is 27.2 Å². The summed E-state index contributed by atoms with van der Waals surface area (Å²) in [4.78, 5) is 34.2. The number of nitriles is 1. The number of rotatable bonds is 6. The second-order valence-corrected chi connectivity index (χ2v) is 8.18. The molecule has 0 aliphatic heterocycles. The third-order valence-corrected chi connectivity index (χ3v) is 5.35. The zero-order valence-electron chi connectivity index (χ0n) is 17.6. The van der Waals surface area contributed by atoms with E-state index in [1.54, 1.807) is 28.7 Å². The Balaban J connectivity index is 2.25. The molecule has 0 fully saturated rings. The first-order valence-corrected chi connectivity index (χ1v) is 10.5. The van der Waals surface area contributed by atoms with E-state index in [0.29, 0.717) is 17.0 Å². The molecule has 0 aliphatic rings. The first-order chi connectivity index (χ1) is 16.7. The summed E-state index contributed by atoms with van der Waals surface area (Å²) in [7, 11) is 0. The zero-order chi connectivity index (χ0) is 27.0. The molecular formula is C20H11F7IN5O3. The van der Waals surface area contributed by atoms with Crippen molar-refractivity contribution in [2.75, 3.05) is 0 Å². The standard InChI is InChI=1S/C20H11F7IN5O3/c1-8-10(4-29)2-9(15(21)22)3-12(8)36-13-14(19(23,24)20(25,26)27)31-7-33(17(13)35)6-11-5-30-18(28)32-16(11)34/h2-3,5,7,15H,6H2,1H3,(H,30,32,34). The van der Waals surface area contributed by atoms with Crippen molar-refractivity contribution < 1.29 is 35.5 Å². The third-order valence-electron chi connectivity index (χ3n) is 4.80. The number of ether oxygens (including phenoxy) is 1. The number of alkyl halides is 7. The van der Waals surface area contributed by atoms with Gasteiger partial charge in [0.2, 0.25) is 5.75 Å².